The molecule has 1 aliphatic heterocycles. The molecule has 1 unspecified atom stereocenters. The van der Waals surface area contributed by atoms with Crippen LogP contribution in [0.2, 0.25) is 0 Å². The number of carbonyl (C=O) groups is 2. The minimum absolute atomic E-state index is 0.0540. The maximum absolute atomic E-state index is 13.1. The van der Waals surface area contributed by atoms with E-state index in [1.807, 2.05) is 30.3 Å². The van der Waals surface area contributed by atoms with Gasteiger partial charge in [-0.2, -0.15) is 0 Å². The van der Waals surface area contributed by atoms with Crippen molar-refractivity contribution in [2.75, 3.05) is 6.61 Å². The smallest absolute Gasteiger partial charge is 0.295 e. The number of rotatable bonds is 10. The van der Waals surface area contributed by atoms with Crippen LogP contribution in [0, 0.1) is 0 Å². The Morgan fingerprint density at radius 1 is 0.971 bits per heavy atom. The molecule has 0 radical (unpaired) electrons. The first-order chi connectivity index (χ1) is 17.1. The van der Waals surface area contributed by atoms with Crippen LogP contribution in [-0.4, -0.2) is 38.3 Å². The summed E-state index contributed by atoms with van der Waals surface area (Å²) >= 11 is 0. The number of pyridine rings is 2. The highest BCUT2D eigenvalue weighted by Gasteiger charge is 2.46. The zero-order chi connectivity index (χ0) is 24.6. The number of carbonyl (C=O) groups excluding carboxylic acids is 2. The van der Waals surface area contributed by atoms with Gasteiger partial charge in [0.15, 0.2) is 0 Å². The number of ether oxygens (including phenoxy) is 1. The summed E-state index contributed by atoms with van der Waals surface area (Å²) in [4.78, 5) is 35.8. The highest BCUT2D eigenvalue weighted by atomic mass is 16.5. The Hall–Kier alpha value is -4.00. The van der Waals surface area contributed by atoms with E-state index < -0.39 is 17.7 Å². The van der Waals surface area contributed by atoms with Gasteiger partial charge in [0, 0.05) is 36.9 Å². The maximum Gasteiger partial charge on any atom is 0.295 e. The molecule has 35 heavy (non-hydrogen) atoms. The van der Waals surface area contributed by atoms with E-state index in [0.717, 1.165) is 24.2 Å². The number of hydrogen-bond donors (Lipinski definition) is 1. The number of aliphatic hydroxyl groups excluding tert-OH is 1. The first-order valence-corrected chi connectivity index (χ1v) is 11.9. The van der Waals surface area contributed by atoms with E-state index >= 15 is 0 Å². The van der Waals surface area contributed by atoms with Gasteiger partial charge < -0.3 is 14.7 Å². The topological polar surface area (TPSA) is 92.6 Å². The van der Waals surface area contributed by atoms with Gasteiger partial charge in [-0.05, 0) is 47.9 Å². The Bertz CT molecular complexity index is 1180. The molecule has 0 spiro atoms. The van der Waals surface area contributed by atoms with Gasteiger partial charge in [-0.1, -0.05) is 44.4 Å². The number of Topliss-reactive ketones (excluding diaryl/α,β-unsaturated/α-hetero) is 1. The number of likely N-dealkylation sites (tertiary alicyclic amines) is 1. The molecule has 0 aliphatic carbocycles. The fourth-order valence-corrected chi connectivity index (χ4v) is 4.21. The number of hydrogen-bond acceptors (Lipinski definition) is 6. The van der Waals surface area contributed by atoms with Gasteiger partial charge >= 0.3 is 0 Å². The van der Waals surface area contributed by atoms with E-state index in [0.29, 0.717) is 17.7 Å². The van der Waals surface area contributed by atoms with Gasteiger partial charge in [0.05, 0.1) is 18.2 Å². The number of ketones is 1. The molecule has 1 saturated heterocycles. The van der Waals surface area contributed by atoms with Crippen LogP contribution in [-0.2, 0) is 16.1 Å². The zero-order valence-electron chi connectivity index (χ0n) is 19.8. The molecule has 1 aliphatic rings. The predicted molar refractivity (Wildman–Crippen MR) is 132 cm³/mol. The van der Waals surface area contributed by atoms with Crippen molar-refractivity contribution in [1.29, 1.82) is 0 Å². The van der Waals surface area contributed by atoms with Crippen LogP contribution in [0.4, 0.5) is 0 Å². The largest absolute Gasteiger partial charge is 0.507 e. The lowest BCUT2D eigenvalue weighted by atomic mass is 9.95. The summed E-state index contributed by atoms with van der Waals surface area (Å²) in [6.07, 6.45) is 10.9. The standard InChI is InChI=1S/C28H29N3O4/c1-2-3-4-5-17-35-23-10-8-21(9-11-23)25-24(26(32)22-12-15-29-16-13-22)27(33)28(34)31(25)19-20-7-6-14-30-18-20/h6-16,18,25,32H,2-5,17,19H2,1H3/b26-24+. The third-order valence-electron chi connectivity index (χ3n) is 6.03. The summed E-state index contributed by atoms with van der Waals surface area (Å²) in [5, 5.41) is 11.1. The van der Waals surface area contributed by atoms with Crippen molar-refractivity contribution < 1.29 is 19.4 Å². The van der Waals surface area contributed by atoms with Gasteiger partial charge in [0.25, 0.3) is 11.7 Å². The summed E-state index contributed by atoms with van der Waals surface area (Å²) in [6, 6.07) is 13.5. The Kier molecular flexibility index (Phi) is 7.88. The van der Waals surface area contributed by atoms with Crippen LogP contribution in [0.3, 0.4) is 0 Å². The van der Waals surface area contributed by atoms with Gasteiger partial charge in [-0.3, -0.25) is 19.6 Å². The Morgan fingerprint density at radius 2 is 1.74 bits per heavy atom. The van der Waals surface area contributed by atoms with E-state index in [9.17, 15) is 14.7 Å². The van der Waals surface area contributed by atoms with Crippen molar-refractivity contribution in [3.05, 3.63) is 95.6 Å². The molecule has 0 bridgehead atoms. The third-order valence-corrected chi connectivity index (χ3v) is 6.03. The number of nitrogens with zero attached hydrogens (tertiary/aromatic N) is 3. The third kappa shape index (κ3) is 5.57. The summed E-state index contributed by atoms with van der Waals surface area (Å²) in [5.74, 6) is -0.876. The molecule has 1 aromatic carbocycles. The first-order valence-electron chi connectivity index (χ1n) is 11.9. The van der Waals surface area contributed by atoms with Crippen LogP contribution < -0.4 is 4.74 Å². The monoisotopic (exact) mass is 471 g/mol. The van der Waals surface area contributed by atoms with E-state index in [1.165, 1.54) is 30.1 Å². The molecule has 1 amide bonds. The van der Waals surface area contributed by atoms with Crippen LogP contribution >= 0.6 is 0 Å². The van der Waals surface area contributed by atoms with Crippen molar-refractivity contribution in [3.63, 3.8) is 0 Å². The maximum atomic E-state index is 13.1. The van der Waals surface area contributed by atoms with Gasteiger partial charge in [0.1, 0.15) is 11.5 Å². The number of aliphatic hydroxyl groups is 1. The molecule has 4 rings (SSSR count). The number of aromatic nitrogens is 2. The zero-order valence-corrected chi connectivity index (χ0v) is 19.8. The Morgan fingerprint density at radius 3 is 2.43 bits per heavy atom. The molecule has 7 nitrogen and oxygen atoms in total. The van der Waals surface area contributed by atoms with Crippen LogP contribution in [0.15, 0.2) is 78.9 Å². The quantitative estimate of drug-likeness (QED) is 0.192. The minimum Gasteiger partial charge on any atom is -0.507 e. The van der Waals surface area contributed by atoms with Crippen molar-refractivity contribution in [2.45, 2.75) is 45.2 Å². The van der Waals surface area contributed by atoms with E-state index in [2.05, 4.69) is 16.9 Å². The van der Waals surface area contributed by atoms with Gasteiger partial charge in [-0.25, -0.2) is 0 Å². The van der Waals surface area contributed by atoms with Gasteiger partial charge in [-0.15, -0.1) is 0 Å². The lowest BCUT2D eigenvalue weighted by molar-refractivity contribution is -0.140. The van der Waals surface area contributed by atoms with E-state index in [-0.39, 0.29) is 17.9 Å². The molecule has 3 heterocycles. The number of benzene rings is 1. The van der Waals surface area contributed by atoms with Crippen LogP contribution in [0.1, 0.15) is 55.3 Å². The highest BCUT2D eigenvalue weighted by molar-refractivity contribution is 6.46. The van der Waals surface area contributed by atoms with Crippen molar-refractivity contribution >= 4 is 17.4 Å². The SMILES string of the molecule is CCCCCCOc1ccc(C2/C(=C(\O)c3ccncc3)C(=O)C(=O)N2Cc2cccnc2)cc1. The lowest BCUT2D eigenvalue weighted by Crippen LogP contribution is -2.29. The number of amides is 1. The molecule has 1 fully saturated rings. The highest BCUT2D eigenvalue weighted by Crippen LogP contribution is 2.40. The van der Waals surface area contributed by atoms with Crippen molar-refractivity contribution in [3.8, 4) is 5.75 Å². The van der Waals surface area contributed by atoms with Crippen LogP contribution in [0.25, 0.3) is 5.76 Å². The van der Waals surface area contributed by atoms with Crippen molar-refractivity contribution in [2.24, 2.45) is 0 Å². The van der Waals surface area contributed by atoms with Crippen LogP contribution in [0.5, 0.6) is 5.75 Å². The molecular weight excluding hydrogens is 442 g/mol. The Balaban J connectivity index is 1.67. The Labute approximate surface area is 205 Å². The molecule has 7 heteroatoms. The van der Waals surface area contributed by atoms with Gasteiger partial charge in [0.2, 0.25) is 0 Å². The summed E-state index contributed by atoms with van der Waals surface area (Å²) < 4.78 is 5.85. The molecule has 0 saturated carbocycles. The normalized spacial score (nSPS) is 17.1. The number of unbranched alkanes of at least 4 members (excludes halogenated alkanes) is 3. The first kappa shape index (κ1) is 24.1. The molecule has 2 aromatic heterocycles. The summed E-state index contributed by atoms with van der Waals surface area (Å²) in [7, 11) is 0. The fraction of sp³-hybridized carbons (Fsp3) is 0.286. The lowest BCUT2D eigenvalue weighted by Gasteiger charge is -2.25. The molecule has 1 atom stereocenters. The fourth-order valence-electron chi connectivity index (χ4n) is 4.21. The second-order valence-corrected chi connectivity index (χ2v) is 8.50. The van der Waals surface area contributed by atoms with Crippen molar-refractivity contribution in [1.82, 2.24) is 14.9 Å². The second-order valence-electron chi connectivity index (χ2n) is 8.50. The predicted octanol–water partition coefficient (Wildman–Crippen LogP) is 5.06. The molecular formula is C28H29N3O4. The molecule has 1 N–H and O–H groups in total. The average molecular weight is 472 g/mol. The summed E-state index contributed by atoms with van der Waals surface area (Å²) in [5.41, 5.74) is 1.98. The molecule has 180 valence electrons. The average Bonchev–Trinajstić information content (AvgIpc) is 3.14. The van der Waals surface area contributed by atoms with E-state index in [4.69, 9.17) is 4.74 Å². The minimum atomic E-state index is -0.748. The molecule has 3 aromatic rings. The van der Waals surface area contributed by atoms with E-state index in [1.54, 1.807) is 30.6 Å². The second kappa shape index (κ2) is 11.4. The summed E-state index contributed by atoms with van der Waals surface area (Å²) in [6.45, 7) is 3.00.